The van der Waals surface area contributed by atoms with Gasteiger partial charge in [0.05, 0.1) is 10.8 Å². The zero-order valence-electron chi connectivity index (χ0n) is 10.9. The third kappa shape index (κ3) is 2.05. The van der Waals surface area contributed by atoms with Crippen LogP contribution in [0.1, 0.15) is 32.1 Å². The number of nitrogens with two attached hydrogens (primary N) is 1. The molecular weight excluding hydrogens is 264 g/mol. The number of hydrogen-bond acceptors (Lipinski definition) is 4. The molecule has 106 valence electrons. The van der Waals surface area contributed by atoms with Gasteiger partial charge in [-0.1, -0.05) is 6.42 Å². The van der Waals surface area contributed by atoms with E-state index in [1.807, 2.05) is 0 Å². The lowest BCUT2D eigenvalue weighted by Gasteiger charge is -2.44. The second-order valence-electron chi connectivity index (χ2n) is 5.97. The average Bonchev–Trinajstić information content (AvgIpc) is 3.06. The largest absolute Gasteiger partial charge is 0.480 e. The lowest BCUT2D eigenvalue weighted by atomic mass is 9.67. The maximum absolute atomic E-state index is 12.8. The van der Waals surface area contributed by atoms with Crippen LogP contribution in [0.2, 0.25) is 0 Å². The van der Waals surface area contributed by atoms with E-state index in [-0.39, 0.29) is 11.3 Å². The zero-order valence-corrected chi connectivity index (χ0v) is 11.7. The van der Waals surface area contributed by atoms with Gasteiger partial charge in [0.2, 0.25) is 5.91 Å². The Labute approximate surface area is 116 Å². The van der Waals surface area contributed by atoms with E-state index in [0.29, 0.717) is 18.2 Å². The highest BCUT2D eigenvalue weighted by molar-refractivity contribution is 8.00. The topological polar surface area (TPSA) is 83.6 Å². The normalized spacial score (nSPS) is 33.0. The van der Waals surface area contributed by atoms with Gasteiger partial charge >= 0.3 is 5.97 Å². The maximum atomic E-state index is 12.8. The number of nitrogens with zero attached hydrogens (tertiary/aromatic N) is 1. The van der Waals surface area contributed by atoms with Gasteiger partial charge in [-0.05, 0) is 31.6 Å². The molecule has 3 aliphatic rings. The van der Waals surface area contributed by atoms with Crippen molar-refractivity contribution in [1.82, 2.24) is 4.90 Å². The van der Waals surface area contributed by atoms with E-state index in [4.69, 9.17) is 5.73 Å². The number of carboxylic acid groups (broad SMARTS) is 1. The van der Waals surface area contributed by atoms with Gasteiger partial charge in [-0.2, -0.15) is 0 Å². The molecular formula is C13H20N2O3S. The van der Waals surface area contributed by atoms with E-state index in [9.17, 15) is 14.7 Å². The predicted molar refractivity (Wildman–Crippen MR) is 72.6 cm³/mol. The molecule has 0 bridgehead atoms. The van der Waals surface area contributed by atoms with Gasteiger partial charge in [0.25, 0.3) is 0 Å². The maximum Gasteiger partial charge on any atom is 0.327 e. The number of aliphatic carboxylic acids is 1. The second kappa shape index (κ2) is 4.66. The van der Waals surface area contributed by atoms with Crippen molar-refractivity contribution < 1.29 is 14.7 Å². The number of carboxylic acids is 1. The van der Waals surface area contributed by atoms with Crippen molar-refractivity contribution in [2.75, 3.05) is 12.3 Å². The van der Waals surface area contributed by atoms with Crippen molar-refractivity contribution in [3.05, 3.63) is 0 Å². The Morgan fingerprint density at radius 1 is 1.37 bits per heavy atom. The van der Waals surface area contributed by atoms with Gasteiger partial charge in [0, 0.05) is 12.3 Å². The monoisotopic (exact) mass is 284 g/mol. The molecule has 2 unspecified atom stereocenters. The van der Waals surface area contributed by atoms with Crippen molar-refractivity contribution in [2.24, 2.45) is 17.1 Å². The average molecular weight is 284 g/mol. The molecule has 5 nitrogen and oxygen atoms in total. The van der Waals surface area contributed by atoms with E-state index in [2.05, 4.69) is 0 Å². The molecule has 3 fully saturated rings. The van der Waals surface area contributed by atoms with Gasteiger partial charge in [-0.25, -0.2) is 4.79 Å². The number of rotatable bonds is 4. The van der Waals surface area contributed by atoms with Gasteiger partial charge in [0.1, 0.15) is 6.04 Å². The predicted octanol–water partition coefficient (Wildman–Crippen LogP) is 0.880. The fraction of sp³-hybridized carbons (Fsp3) is 0.846. The van der Waals surface area contributed by atoms with Crippen LogP contribution in [0.4, 0.5) is 0 Å². The summed E-state index contributed by atoms with van der Waals surface area (Å²) >= 11 is 1.63. The molecule has 3 N–H and O–H groups in total. The second-order valence-corrected chi connectivity index (χ2v) is 7.12. The molecule has 1 heterocycles. The summed E-state index contributed by atoms with van der Waals surface area (Å²) in [7, 11) is 0. The molecule has 1 amide bonds. The zero-order chi connectivity index (χ0) is 13.6. The Hall–Kier alpha value is -0.750. The Kier molecular flexibility index (Phi) is 3.25. The molecule has 0 spiro atoms. The highest BCUT2D eigenvalue weighted by atomic mass is 32.2. The van der Waals surface area contributed by atoms with Crippen LogP contribution in [0, 0.1) is 11.3 Å². The third-order valence-electron chi connectivity index (χ3n) is 4.73. The van der Waals surface area contributed by atoms with Gasteiger partial charge in [-0.15, -0.1) is 11.8 Å². The SMILES string of the molecule is NCC1(C(=O)N2C(C(=O)O)CSC2C2CC2)CCC1. The van der Waals surface area contributed by atoms with Crippen molar-refractivity contribution in [2.45, 2.75) is 43.5 Å². The summed E-state index contributed by atoms with van der Waals surface area (Å²) in [5.74, 6) is 0.127. The molecule has 6 heteroatoms. The minimum absolute atomic E-state index is 0.00412. The first-order valence-corrected chi connectivity index (χ1v) is 8.01. The third-order valence-corrected chi connectivity index (χ3v) is 6.20. The van der Waals surface area contributed by atoms with Gasteiger partial charge in [0.15, 0.2) is 0 Å². The van der Waals surface area contributed by atoms with Crippen LogP contribution in [0.5, 0.6) is 0 Å². The molecule has 2 saturated carbocycles. The molecule has 0 aromatic carbocycles. The van der Waals surface area contributed by atoms with Crippen molar-refractivity contribution in [3.63, 3.8) is 0 Å². The van der Waals surface area contributed by atoms with Crippen molar-refractivity contribution in [3.8, 4) is 0 Å². The number of carbonyl (C=O) groups excluding carboxylic acids is 1. The summed E-state index contributed by atoms with van der Waals surface area (Å²) in [5, 5.41) is 9.41. The van der Waals surface area contributed by atoms with Crippen LogP contribution in [-0.2, 0) is 9.59 Å². The summed E-state index contributed by atoms with van der Waals surface area (Å²) in [6.07, 6.45) is 4.88. The number of hydrogen-bond donors (Lipinski definition) is 2. The highest BCUT2D eigenvalue weighted by Gasteiger charge is 2.54. The quantitative estimate of drug-likeness (QED) is 0.800. The summed E-state index contributed by atoms with van der Waals surface area (Å²) in [5.41, 5.74) is 5.33. The Bertz CT molecular complexity index is 401. The minimum atomic E-state index is -0.879. The van der Waals surface area contributed by atoms with E-state index in [0.717, 1.165) is 32.1 Å². The molecule has 0 radical (unpaired) electrons. The van der Waals surface area contributed by atoms with Crippen LogP contribution < -0.4 is 5.73 Å². The number of thioether (sulfide) groups is 1. The van der Waals surface area contributed by atoms with E-state index in [1.54, 1.807) is 16.7 Å². The van der Waals surface area contributed by atoms with Crippen LogP contribution in [-0.4, -0.2) is 45.6 Å². The van der Waals surface area contributed by atoms with E-state index >= 15 is 0 Å². The first kappa shape index (κ1) is 13.2. The van der Waals surface area contributed by atoms with E-state index < -0.39 is 17.4 Å². The fourth-order valence-corrected chi connectivity index (χ4v) is 4.73. The molecule has 3 rings (SSSR count). The van der Waals surface area contributed by atoms with Gasteiger partial charge in [-0.3, -0.25) is 4.79 Å². The molecule has 0 aromatic heterocycles. The summed E-state index contributed by atoms with van der Waals surface area (Å²) in [6.45, 7) is 0.344. The standard InChI is InChI=1S/C13H20N2O3S/c14-7-13(4-1-5-13)12(18)15-9(11(16)17)6-19-10(15)8-2-3-8/h8-10H,1-7,14H2,(H,16,17). The first-order chi connectivity index (χ1) is 9.09. The number of amides is 1. The number of carbonyl (C=O) groups is 2. The lowest BCUT2D eigenvalue weighted by molar-refractivity contribution is -0.157. The smallest absolute Gasteiger partial charge is 0.327 e. The Morgan fingerprint density at radius 3 is 2.47 bits per heavy atom. The molecule has 19 heavy (non-hydrogen) atoms. The van der Waals surface area contributed by atoms with Crippen LogP contribution in [0.25, 0.3) is 0 Å². The van der Waals surface area contributed by atoms with Gasteiger partial charge < -0.3 is 15.7 Å². The summed E-state index contributed by atoms with van der Waals surface area (Å²) in [6, 6.07) is -0.660. The van der Waals surface area contributed by atoms with Crippen LogP contribution in [0.15, 0.2) is 0 Å². The van der Waals surface area contributed by atoms with E-state index in [1.165, 1.54) is 0 Å². The molecule has 2 atom stereocenters. The summed E-state index contributed by atoms with van der Waals surface area (Å²) in [4.78, 5) is 25.9. The minimum Gasteiger partial charge on any atom is -0.480 e. The molecule has 2 aliphatic carbocycles. The van der Waals surface area contributed by atoms with Crippen LogP contribution in [0.3, 0.4) is 0 Å². The Morgan fingerprint density at radius 2 is 2.05 bits per heavy atom. The lowest BCUT2D eigenvalue weighted by Crippen LogP contribution is -2.57. The highest BCUT2D eigenvalue weighted by Crippen LogP contribution is 2.49. The molecule has 1 saturated heterocycles. The molecule has 1 aliphatic heterocycles. The Balaban J connectivity index is 1.84. The first-order valence-electron chi connectivity index (χ1n) is 6.96. The van der Waals surface area contributed by atoms with Crippen molar-refractivity contribution in [1.29, 1.82) is 0 Å². The van der Waals surface area contributed by atoms with Crippen LogP contribution >= 0.6 is 11.8 Å². The summed E-state index contributed by atoms with van der Waals surface area (Å²) < 4.78 is 0. The van der Waals surface area contributed by atoms with Crippen molar-refractivity contribution >= 4 is 23.6 Å². The fourth-order valence-electron chi connectivity index (χ4n) is 3.10. The molecule has 0 aromatic rings.